The molecule has 33 heavy (non-hydrogen) atoms. The van der Waals surface area contributed by atoms with E-state index in [0.29, 0.717) is 18.0 Å². The lowest BCUT2D eigenvalue weighted by Gasteiger charge is -2.34. The van der Waals surface area contributed by atoms with Gasteiger partial charge < -0.3 is 20.1 Å². The van der Waals surface area contributed by atoms with Crippen LogP contribution < -0.4 is 20.1 Å². The second kappa shape index (κ2) is 12.2. The minimum atomic E-state index is -0.285. The fraction of sp³-hybridized carbons (Fsp3) is 0.440. The molecule has 0 bridgehead atoms. The summed E-state index contributed by atoms with van der Waals surface area (Å²) in [4.78, 5) is 29.1. The number of nitrogens with one attached hydrogen (secondary N) is 2. The SMILES string of the molecule is CCOc1ccc(CN2CCN(CC(=O)NCC(=O)Nc3cc(C)ccc3OC)CC2)cc1. The summed E-state index contributed by atoms with van der Waals surface area (Å²) in [5, 5.41) is 5.50. The van der Waals surface area contributed by atoms with Gasteiger partial charge in [-0.15, -0.1) is 0 Å². The maximum Gasteiger partial charge on any atom is 0.243 e. The third kappa shape index (κ3) is 7.76. The summed E-state index contributed by atoms with van der Waals surface area (Å²) in [6.45, 7) is 9.11. The lowest BCUT2D eigenvalue weighted by atomic mass is 10.2. The van der Waals surface area contributed by atoms with E-state index in [9.17, 15) is 9.59 Å². The molecule has 0 radical (unpaired) electrons. The molecule has 0 atom stereocenters. The zero-order valence-corrected chi connectivity index (χ0v) is 19.7. The van der Waals surface area contributed by atoms with Crippen molar-refractivity contribution in [3.8, 4) is 11.5 Å². The van der Waals surface area contributed by atoms with Gasteiger partial charge in [0.2, 0.25) is 11.8 Å². The van der Waals surface area contributed by atoms with Crippen molar-refractivity contribution in [2.75, 3.05) is 58.3 Å². The van der Waals surface area contributed by atoms with Gasteiger partial charge in [-0.1, -0.05) is 18.2 Å². The molecule has 2 N–H and O–H groups in total. The Kier molecular flexibility index (Phi) is 9.09. The number of aryl methyl sites for hydroxylation is 1. The average molecular weight is 455 g/mol. The van der Waals surface area contributed by atoms with Crippen LogP contribution in [0.4, 0.5) is 5.69 Å². The number of hydrogen-bond acceptors (Lipinski definition) is 6. The fourth-order valence-corrected chi connectivity index (χ4v) is 3.77. The molecule has 1 heterocycles. The van der Waals surface area contributed by atoms with Crippen molar-refractivity contribution in [2.24, 2.45) is 0 Å². The number of nitrogens with zero attached hydrogens (tertiary/aromatic N) is 2. The van der Waals surface area contributed by atoms with Gasteiger partial charge >= 0.3 is 0 Å². The number of benzene rings is 2. The number of hydrogen-bond donors (Lipinski definition) is 2. The van der Waals surface area contributed by atoms with E-state index in [2.05, 4.69) is 32.6 Å². The molecule has 0 unspecified atom stereocenters. The first-order valence-corrected chi connectivity index (χ1v) is 11.3. The number of carbonyl (C=O) groups excluding carboxylic acids is 2. The lowest BCUT2D eigenvalue weighted by molar-refractivity contribution is -0.125. The molecule has 178 valence electrons. The molecule has 1 saturated heterocycles. The highest BCUT2D eigenvalue weighted by Crippen LogP contribution is 2.24. The quantitative estimate of drug-likeness (QED) is 0.573. The molecule has 0 spiro atoms. The zero-order valence-electron chi connectivity index (χ0n) is 19.7. The standard InChI is InChI=1S/C25H34N4O4/c1-4-33-21-8-6-20(7-9-21)17-28-11-13-29(14-12-28)18-25(31)26-16-24(30)27-22-15-19(2)5-10-23(22)32-3/h5-10,15H,4,11-14,16-18H2,1-3H3,(H,26,31)(H,27,30). The van der Waals surface area contributed by atoms with Gasteiger partial charge in [0.25, 0.3) is 0 Å². The third-order valence-corrected chi connectivity index (χ3v) is 5.55. The van der Waals surface area contributed by atoms with E-state index >= 15 is 0 Å². The van der Waals surface area contributed by atoms with Crippen LogP contribution in [0.1, 0.15) is 18.1 Å². The van der Waals surface area contributed by atoms with Crippen molar-refractivity contribution in [2.45, 2.75) is 20.4 Å². The van der Waals surface area contributed by atoms with Gasteiger partial charge in [-0.3, -0.25) is 19.4 Å². The average Bonchev–Trinajstić information content (AvgIpc) is 2.81. The van der Waals surface area contributed by atoms with Gasteiger partial charge in [0.05, 0.1) is 32.5 Å². The topological polar surface area (TPSA) is 83.1 Å². The summed E-state index contributed by atoms with van der Waals surface area (Å²) in [5.41, 5.74) is 2.86. The van der Waals surface area contributed by atoms with Gasteiger partial charge in [0.15, 0.2) is 0 Å². The molecule has 2 amide bonds. The zero-order chi connectivity index (χ0) is 23.6. The largest absolute Gasteiger partial charge is 0.495 e. The number of piperazine rings is 1. The van der Waals surface area contributed by atoms with Crippen molar-refractivity contribution >= 4 is 17.5 Å². The Morgan fingerprint density at radius 2 is 1.67 bits per heavy atom. The molecule has 2 aromatic rings. The molecular formula is C25H34N4O4. The van der Waals surface area contributed by atoms with E-state index in [0.717, 1.165) is 44.0 Å². The highest BCUT2D eigenvalue weighted by atomic mass is 16.5. The normalized spacial score (nSPS) is 14.5. The Bertz CT molecular complexity index is 925. The van der Waals surface area contributed by atoms with E-state index in [1.54, 1.807) is 13.2 Å². The minimum Gasteiger partial charge on any atom is -0.495 e. The lowest BCUT2D eigenvalue weighted by Crippen LogP contribution is -2.49. The van der Waals surface area contributed by atoms with Gasteiger partial charge in [-0.05, 0) is 49.2 Å². The molecule has 2 aromatic carbocycles. The monoisotopic (exact) mass is 454 g/mol. The summed E-state index contributed by atoms with van der Waals surface area (Å²) in [6, 6.07) is 13.8. The van der Waals surface area contributed by atoms with Crippen molar-refractivity contribution in [1.29, 1.82) is 0 Å². The molecule has 8 nitrogen and oxygen atoms in total. The Labute approximate surface area is 195 Å². The van der Waals surface area contributed by atoms with Crippen LogP contribution in [0.2, 0.25) is 0 Å². The van der Waals surface area contributed by atoms with Crippen LogP contribution in [0.25, 0.3) is 0 Å². The second-order valence-corrected chi connectivity index (χ2v) is 8.16. The fourth-order valence-electron chi connectivity index (χ4n) is 3.77. The summed E-state index contributed by atoms with van der Waals surface area (Å²) < 4.78 is 10.8. The van der Waals surface area contributed by atoms with Crippen molar-refractivity contribution in [3.63, 3.8) is 0 Å². The van der Waals surface area contributed by atoms with Crippen LogP contribution in [0.15, 0.2) is 42.5 Å². The number of methoxy groups -OCH3 is 1. The first kappa shape index (κ1) is 24.5. The maximum atomic E-state index is 12.3. The smallest absolute Gasteiger partial charge is 0.243 e. The minimum absolute atomic E-state index is 0.0758. The highest BCUT2D eigenvalue weighted by molar-refractivity contribution is 5.96. The molecule has 0 aromatic heterocycles. The predicted molar refractivity (Wildman–Crippen MR) is 129 cm³/mol. The number of ether oxygens (including phenoxy) is 2. The van der Waals surface area contributed by atoms with E-state index in [1.807, 2.05) is 38.1 Å². The number of rotatable bonds is 10. The molecular weight excluding hydrogens is 420 g/mol. The Hall–Kier alpha value is -3.10. The molecule has 1 fully saturated rings. The summed E-state index contributed by atoms with van der Waals surface area (Å²) in [6.07, 6.45) is 0. The van der Waals surface area contributed by atoms with Crippen LogP contribution in [0.3, 0.4) is 0 Å². The number of carbonyl (C=O) groups is 2. The Morgan fingerprint density at radius 3 is 2.33 bits per heavy atom. The van der Waals surface area contributed by atoms with Crippen molar-refractivity contribution in [1.82, 2.24) is 15.1 Å². The van der Waals surface area contributed by atoms with Gasteiger partial charge in [-0.2, -0.15) is 0 Å². The van der Waals surface area contributed by atoms with Gasteiger partial charge in [-0.25, -0.2) is 0 Å². The Balaban J connectivity index is 1.36. The first-order valence-electron chi connectivity index (χ1n) is 11.3. The van der Waals surface area contributed by atoms with Gasteiger partial charge in [0.1, 0.15) is 11.5 Å². The molecule has 0 saturated carbocycles. The van der Waals surface area contributed by atoms with Crippen LogP contribution in [0.5, 0.6) is 11.5 Å². The highest BCUT2D eigenvalue weighted by Gasteiger charge is 2.19. The van der Waals surface area contributed by atoms with E-state index in [-0.39, 0.29) is 24.9 Å². The third-order valence-electron chi connectivity index (χ3n) is 5.55. The maximum absolute atomic E-state index is 12.3. The van der Waals surface area contributed by atoms with Crippen molar-refractivity contribution in [3.05, 3.63) is 53.6 Å². The van der Waals surface area contributed by atoms with E-state index in [4.69, 9.17) is 9.47 Å². The van der Waals surface area contributed by atoms with Gasteiger partial charge in [0, 0.05) is 32.7 Å². The van der Waals surface area contributed by atoms with Crippen molar-refractivity contribution < 1.29 is 19.1 Å². The molecule has 1 aliphatic heterocycles. The van der Waals surface area contributed by atoms with Crippen LogP contribution in [-0.4, -0.2) is 74.6 Å². The second-order valence-electron chi connectivity index (χ2n) is 8.16. The number of anilines is 1. The first-order chi connectivity index (χ1) is 16.0. The van der Waals surface area contributed by atoms with E-state index in [1.165, 1.54) is 5.56 Å². The number of amides is 2. The Morgan fingerprint density at radius 1 is 0.970 bits per heavy atom. The molecule has 8 heteroatoms. The summed E-state index contributed by atoms with van der Waals surface area (Å²) in [5.74, 6) is 1.04. The van der Waals surface area contributed by atoms with Crippen LogP contribution in [0, 0.1) is 6.92 Å². The molecule has 1 aliphatic rings. The van der Waals surface area contributed by atoms with Crippen LogP contribution in [-0.2, 0) is 16.1 Å². The molecule has 3 rings (SSSR count). The predicted octanol–water partition coefficient (Wildman–Crippen LogP) is 2.27. The molecule has 0 aliphatic carbocycles. The summed E-state index contributed by atoms with van der Waals surface area (Å²) >= 11 is 0. The summed E-state index contributed by atoms with van der Waals surface area (Å²) in [7, 11) is 1.56. The van der Waals surface area contributed by atoms with Crippen LogP contribution >= 0.6 is 0 Å². The van der Waals surface area contributed by atoms with E-state index < -0.39 is 0 Å².